The first-order valence-electron chi connectivity index (χ1n) is 6.14. The molecule has 0 atom stereocenters. The van der Waals surface area contributed by atoms with E-state index in [1.807, 2.05) is 0 Å². The van der Waals surface area contributed by atoms with Crippen molar-refractivity contribution in [3.63, 3.8) is 0 Å². The van der Waals surface area contributed by atoms with E-state index in [0.717, 1.165) is 4.57 Å². The van der Waals surface area contributed by atoms with Crippen LogP contribution < -0.4 is 5.32 Å². The van der Waals surface area contributed by atoms with Crippen molar-refractivity contribution in [1.82, 2.24) is 9.88 Å². The summed E-state index contributed by atoms with van der Waals surface area (Å²) in [6.07, 6.45) is -3.20. The molecule has 21 heavy (non-hydrogen) atoms. The highest BCUT2D eigenvalue weighted by molar-refractivity contribution is 5.92. The number of halogens is 3. The summed E-state index contributed by atoms with van der Waals surface area (Å²) in [5, 5.41) is 12.0. The maximum absolute atomic E-state index is 12.4. The van der Waals surface area contributed by atoms with E-state index in [4.69, 9.17) is 0 Å². The number of nitrogens with one attached hydrogen (secondary N) is 1. The number of amides is 1. The quantitative estimate of drug-likeness (QED) is 0.912. The lowest BCUT2D eigenvalue weighted by Gasteiger charge is -2.12. The summed E-state index contributed by atoms with van der Waals surface area (Å²) in [7, 11) is 0. The molecule has 0 aliphatic carbocycles. The number of nitrogens with zero attached hydrogens (tertiary/aromatic N) is 1. The SMILES string of the molecule is O=C(NCc1ccccc1O)c1cccn1CC(F)(F)F. The van der Waals surface area contributed by atoms with Crippen LogP contribution in [0.2, 0.25) is 0 Å². The second-order valence-electron chi connectivity index (χ2n) is 4.45. The molecule has 1 aromatic heterocycles. The van der Waals surface area contributed by atoms with E-state index in [1.165, 1.54) is 24.4 Å². The van der Waals surface area contributed by atoms with Gasteiger partial charge in [-0.1, -0.05) is 18.2 Å². The molecule has 1 heterocycles. The Morgan fingerprint density at radius 1 is 1.19 bits per heavy atom. The largest absolute Gasteiger partial charge is 0.508 e. The van der Waals surface area contributed by atoms with E-state index in [2.05, 4.69) is 5.32 Å². The summed E-state index contributed by atoms with van der Waals surface area (Å²) < 4.78 is 38.0. The third-order valence-corrected chi connectivity index (χ3v) is 2.84. The maximum Gasteiger partial charge on any atom is 0.406 e. The minimum absolute atomic E-state index is 0.0171. The van der Waals surface area contributed by atoms with Gasteiger partial charge in [0.25, 0.3) is 5.91 Å². The monoisotopic (exact) mass is 298 g/mol. The smallest absolute Gasteiger partial charge is 0.406 e. The fourth-order valence-electron chi connectivity index (χ4n) is 1.88. The van der Waals surface area contributed by atoms with E-state index >= 15 is 0 Å². The van der Waals surface area contributed by atoms with Crippen molar-refractivity contribution in [3.8, 4) is 5.75 Å². The zero-order chi connectivity index (χ0) is 15.5. The first-order valence-corrected chi connectivity index (χ1v) is 6.14. The van der Waals surface area contributed by atoms with Crippen molar-refractivity contribution < 1.29 is 23.1 Å². The minimum Gasteiger partial charge on any atom is -0.508 e. The Labute approximate surface area is 118 Å². The highest BCUT2D eigenvalue weighted by atomic mass is 19.4. The summed E-state index contributed by atoms with van der Waals surface area (Å²) in [5.41, 5.74) is 0.405. The second-order valence-corrected chi connectivity index (χ2v) is 4.45. The molecule has 0 aliphatic heterocycles. The number of para-hydroxylation sites is 1. The van der Waals surface area contributed by atoms with Crippen LogP contribution in [0.15, 0.2) is 42.6 Å². The highest BCUT2D eigenvalue weighted by Crippen LogP contribution is 2.19. The predicted octanol–water partition coefficient (Wildman–Crippen LogP) is 2.69. The third-order valence-electron chi connectivity index (χ3n) is 2.84. The molecule has 2 aromatic rings. The van der Waals surface area contributed by atoms with Gasteiger partial charge in [0.15, 0.2) is 0 Å². The number of benzene rings is 1. The number of hydrogen-bond acceptors (Lipinski definition) is 2. The summed E-state index contributed by atoms with van der Waals surface area (Å²) >= 11 is 0. The Morgan fingerprint density at radius 3 is 2.57 bits per heavy atom. The molecule has 1 aromatic carbocycles. The van der Waals surface area contributed by atoms with Gasteiger partial charge in [0.2, 0.25) is 0 Å². The molecule has 7 heteroatoms. The Balaban J connectivity index is 2.05. The molecule has 2 rings (SSSR count). The van der Waals surface area contributed by atoms with Gasteiger partial charge in [0.1, 0.15) is 18.0 Å². The Morgan fingerprint density at radius 2 is 1.90 bits per heavy atom. The number of carbonyl (C=O) groups is 1. The number of carbonyl (C=O) groups excluding carboxylic acids is 1. The summed E-state index contributed by atoms with van der Waals surface area (Å²) in [6, 6.07) is 9.09. The summed E-state index contributed by atoms with van der Waals surface area (Å²) in [5.74, 6) is -0.615. The van der Waals surface area contributed by atoms with Gasteiger partial charge < -0.3 is 15.0 Å². The van der Waals surface area contributed by atoms with Crippen molar-refractivity contribution in [2.24, 2.45) is 0 Å². The summed E-state index contributed by atoms with van der Waals surface area (Å²) in [4.78, 5) is 11.9. The molecular formula is C14H13F3N2O2. The number of aromatic hydroxyl groups is 1. The number of aromatic nitrogens is 1. The fraction of sp³-hybridized carbons (Fsp3) is 0.214. The molecule has 0 bridgehead atoms. The Bertz CT molecular complexity index is 635. The summed E-state index contributed by atoms with van der Waals surface area (Å²) in [6.45, 7) is -1.19. The topological polar surface area (TPSA) is 54.3 Å². The van der Waals surface area contributed by atoms with Crippen molar-refractivity contribution in [2.45, 2.75) is 19.3 Å². The van der Waals surface area contributed by atoms with Gasteiger partial charge >= 0.3 is 6.18 Å². The first-order chi connectivity index (χ1) is 9.87. The molecule has 0 unspecified atom stereocenters. The zero-order valence-electron chi connectivity index (χ0n) is 10.9. The van der Waals surface area contributed by atoms with Crippen LogP contribution >= 0.6 is 0 Å². The lowest BCUT2D eigenvalue weighted by molar-refractivity contribution is -0.140. The number of phenolic OH excluding ortho intramolecular Hbond substituents is 1. The highest BCUT2D eigenvalue weighted by Gasteiger charge is 2.29. The van der Waals surface area contributed by atoms with Crippen LogP contribution in [0.3, 0.4) is 0 Å². The lowest BCUT2D eigenvalue weighted by atomic mass is 10.2. The predicted molar refractivity (Wildman–Crippen MR) is 69.8 cm³/mol. The lowest BCUT2D eigenvalue weighted by Crippen LogP contribution is -2.27. The Hall–Kier alpha value is -2.44. The van der Waals surface area contributed by atoms with Crippen LogP contribution in [0.4, 0.5) is 13.2 Å². The Kier molecular flexibility index (Phi) is 4.21. The number of hydrogen-bond donors (Lipinski definition) is 2. The van der Waals surface area contributed by atoms with Gasteiger partial charge in [-0.2, -0.15) is 13.2 Å². The fourth-order valence-corrected chi connectivity index (χ4v) is 1.88. The van der Waals surface area contributed by atoms with E-state index in [9.17, 15) is 23.1 Å². The number of rotatable bonds is 4. The number of alkyl halides is 3. The van der Waals surface area contributed by atoms with Gasteiger partial charge in [0, 0.05) is 18.3 Å². The van der Waals surface area contributed by atoms with Crippen molar-refractivity contribution in [3.05, 3.63) is 53.9 Å². The van der Waals surface area contributed by atoms with Gasteiger partial charge in [-0.05, 0) is 18.2 Å². The molecule has 0 aliphatic rings. The van der Waals surface area contributed by atoms with Crippen LogP contribution in [-0.2, 0) is 13.1 Å². The van der Waals surface area contributed by atoms with Crippen LogP contribution in [0, 0.1) is 0 Å². The van der Waals surface area contributed by atoms with Gasteiger partial charge in [0.05, 0.1) is 0 Å². The second kappa shape index (κ2) is 5.90. The van der Waals surface area contributed by atoms with Crippen LogP contribution in [0.5, 0.6) is 5.75 Å². The average Bonchev–Trinajstić information content (AvgIpc) is 2.83. The van der Waals surface area contributed by atoms with E-state index in [0.29, 0.717) is 5.56 Å². The molecule has 0 radical (unpaired) electrons. The number of phenols is 1. The van der Waals surface area contributed by atoms with Crippen LogP contribution in [0.25, 0.3) is 0 Å². The average molecular weight is 298 g/mol. The van der Waals surface area contributed by atoms with Crippen LogP contribution in [0.1, 0.15) is 16.1 Å². The normalized spacial score (nSPS) is 11.4. The van der Waals surface area contributed by atoms with Gasteiger partial charge in [-0.25, -0.2) is 0 Å². The minimum atomic E-state index is -4.40. The van der Waals surface area contributed by atoms with E-state index in [-0.39, 0.29) is 18.0 Å². The van der Waals surface area contributed by atoms with Crippen molar-refractivity contribution in [2.75, 3.05) is 0 Å². The van der Waals surface area contributed by atoms with Crippen LogP contribution in [-0.4, -0.2) is 21.8 Å². The molecular weight excluding hydrogens is 285 g/mol. The molecule has 112 valence electrons. The van der Waals surface area contributed by atoms with Gasteiger partial charge in [-0.3, -0.25) is 4.79 Å². The molecule has 2 N–H and O–H groups in total. The molecule has 0 saturated carbocycles. The van der Waals surface area contributed by atoms with Crippen molar-refractivity contribution in [1.29, 1.82) is 0 Å². The van der Waals surface area contributed by atoms with E-state index in [1.54, 1.807) is 18.2 Å². The standard InChI is InChI=1S/C14H13F3N2O2/c15-14(16,17)9-19-7-3-5-11(19)13(21)18-8-10-4-1-2-6-12(10)20/h1-7,20H,8-9H2,(H,18,21). The molecule has 4 nitrogen and oxygen atoms in total. The first kappa shape index (κ1) is 15.0. The zero-order valence-corrected chi connectivity index (χ0v) is 10.9. The molecule has 0 saturated heterocycles. The molecule has 0 fully saturated rings. The van der Waals surface area contributed by atoms with Crippen molar-refractivity contribution >= 4 is 5.91 Å². The molecule has 0 spiro atoms. The maximum atomic E-state index is 12.4. The van der Waals surface area contributed by atoms with E-state index < -0.39 is 18.6 Å². The molecule has 1 amide bonds. The van der Waals surface area contributed by atoms with Gasteiger partial charge in [-0.15, -0.1) is 0 Å². The third kappa shape index (κ3) is 4.01.